The summed E-state index contributed by atoms with van der Waals surface area (Å²) in [6.45, 7) is 2.60. The SMILES string of the molecule is CCn1c(=O)[nH]c2ncccc21.[HH]. The van der Waals surface area contributed by atoms with Gasteiger partial charge in [0.25, 0.3) is 0 Å². The topological polar surface area (TPSA) is 50.7 Å². The van der Waals surface area contributed by atoms with Crippen LogP contribution in [-0.2, 0) is 6.54 Å². The quantitative estimate of drug-likeness (QED) is 0.685. The number of fused-ring (bicyclic) bond motifs is 1. The first kappa shape index (κ1) is 7.09. The average molecular weight is 165 g/mol. The largest absolute Gasteiger partial charge is 0.327 e. The van der Waals surface area contributed by atoms with Crippen LogP contribution in [0.15, 0.2) is 23.1 Å². The molecule has 0 spiro atoms. The highest BCUT2D eigenvalue weighted by atomic mass is 16.1. The van der Waals surface area contributed by atoms with Crippen molar-refractivity contribution in [2.75, 3.05) is 0 Å². The lowest BCUT2D eigenvalue weighted by Gasteiger charge is -1.94. The van der Waals surface area contributed by atoms with E-state index >= 15 is 0 Å². The summed E-state index contributed by atoms with van der Waals surface area (Å²) in [4.78, 5) is 17.9. The Hall–Kier alpha value is -1.58. The van der Waals surface area contributed by atoms with E-state index in [-0.39, 0.29) is 7.12 Å². The summed E-state index contributed by atoms with van der Waals surface area (Å²) in [5.74, 6) is 0. The Morgan fingerprint density at radius 2 is 2.58 bits per heavy atom. The third-order valence-corrected chi connectivity index (χ3v) is 1.86. The molecule has 0 aliphatic rings. The minimum Gasteiger partial charge on any atom is -0.291 e. The molecule has 2 heterocycles. The van der Waals surface area contributed by atoms with Gasteiger partial charge in [-0.15, -0.1) is 0 Å². The van der Waals surface area contributed by atoms with Gasteiger partial charge in [-0.3, -0.25) is 9.55 Å². The summed E-state index contributed by atoms with van der Waals surface area (Å²) in [5, 5.41) is 0. The molecule has 0 aromatic carbocycles. The van der Waals surface area contributed by atoms with E-state index in [9.17, 15) is 4.79 Å². The first-order valence-corrected chi connectivity index (χ1v) is 3.86. The number of aromatic nitrogens is 3. The second-order valence-corrected chi connectivity index (χ2v) is 2.55. The van der Waals surface area contributed by atoms with Crippen LogP contribution < -0.4 is 5.69 Å². The zero-order chi connectivity index (χ0) is 8.55. The molecule has 1 N–H and O–H groups in total. The third kappa shape index (κ3) is 0.845. The van der Waals surface area contributed by atoms with Crippen LogP contribution >= 0.6 is 0 Å². The molecule has 2 aromatic rings. The standard InChI is InChI=1S/C8H9N3O.H2/c1-2-11-6-4-3-5-9-7(6)10-8(11)12;/h3-5H,2H2,1H3,(H,9,10,12);1H. The minimum absolute atomic E-state index is 0. The highest BCUT2D eigenvalue weighted by Crippen LogP contribution is 2.04. The number of nitrogens with one attached hydrogen (secondary N) is 1. The molecular weight excluding hydrogens is 154 g/mol. The molecule has 2 rings (SSSR count). The fraction of sp³-hybridized carbons (Fsp3) is 0.250. The van der Waals surface area contributed by atoms with Gasteiger partial charge in [0.15, 0.2) is 5.65 Å². The normalized spacial score (nSPS) is 10.8. The lowest BCUT2D eigenvalue weighted by molar-refractivity contribution is 0.753. The summed E-state index contributed by atoms with van der Waals surface area (Å²) in [6.07, 6.45) is 1.66. The van der Waals surface area contributed by atoms with Gasteiger partial charge >= 0.3 is 5.69 Å². The summed E-state index contributed by atoms with van der Waals surface area (Å²) in [7, 11) is 0. The van der Waals surface area contributed by atoms with Crippen molar-refractivity contribution in [3.05, 3.63) is 28.8 Å². The van der Waals surface area contributed by atoms with Crippen LogP contribution in [0.5, 0.6) is 0 Å². The molecule has 0 unspecified atom stereocenters. The molecule has 0 saturated heterocycles. The summed E-state index contributed by atoms with van der Waals surface area (Å²) >= 11 is 0. The van der Waals surface area contributed by atoms with Crippen LogP contribution in [0.25, 0.3) is 11.2 Å². The molecule has 0 amide bonds. The molecule has 0 atom stereocenters. The number of H-pyrrole nitrogens is 1. The maximum absolute atomic E-state index is 11.2. The van der Waals surface area contributed by atoms with E-state index in [1.807, 2.05) is 19.1 Å². The Kier molecular flexibility index (Phi) is 1.46. The first-order valence-electron chi connectivity index (χ1n) is 3.86. The van der Waals surface area contributed by atoms with Crippen LogP contribution in [0.3, 0.4) is 0 Å². The first-order chi connectivity index (χ1) is 5.83. The number of imidazole rings is 1. The highest BCUT2D eigenvalue weighted by Gasteiger charge is 2.02. The molecule has 0 fully saturated rings. The van der Waals surface area contributed by atoms with E-state index in [1.54, 1.807) is 10.8 Å². The van der Waals surface area contributed by atoms with E-state index in [1.165, 1.54) is 0 Å². The molecule has 4 heteroatoms. The Morgan fingerprint density at radius 3 is 3.33 bits per heavy atom. The number of hydrogen-bond acceptors (Lipinski definition) is 2. The van der Waals surface area contributed by atoms with E-state index < -0.39 is 0 Å². The zero-order valence-corrected chi connectivity index (χ0v) is 6.74. The lowest BCUT2D eigenvalue weighted by atomic mass is 10.4. The second-order valence-electron chi connectivity index (χ2n) is 2.55. The molecular formula is C8H11N3O. The van der Waals surface area contributed by atoms with Gasteiger partial charge in [-0.25, -0.2) is 9.78 Å². The number of aryl methyl sites for hydroxylation is 1. The fourth-order valence-corrected chi connectivity index (χ4v) is 1.30. The summed E-state index contributed by atoms with van der Waals surface area (Å²) in [6, 6.07) is 3.70. The van der Waals surface area contributed by atoms with Crippen LogP contribution in [0.2, 0.25) is 0 Å². The van der Waals surface area contributed by atoms with Crippen molar-refractivity contribution in [1.29, 1.82) is 0 Å². The van der Waals surface area contributed by atoms with Gasteiger partial charge in [0.1, 0.15) is 0 Å². The number of nitrogens with zero attached hydrogens (tertiary/aromatic N) is 2. The van der Waals surface area contributed by atoms with Crippen molar-refractivity contribution in [1.82, 2.24) is 14.5 Å². The summed E-state index contributed by atoms with van der Waals surface area (Å²) < 4.78 is 1.66. The summed E-state index contributed by atoms with van der Waals surface area (Å²) in [5.41, 5.74) is 1.43. The van der Waals surface area contributed by atoms with Crippen molar-refractivity contribution in [3.63, 3.8) is 0 Å². The van der Waals surface area contributed by atoms with Gasteiger partial charge in [-0.05, 0) is 19.1 Å². The van der Waals surface area contributed by atoms with Crippen molar-refractivity contribution < 1.29 is 1.43 Å². The van der Waals surface area contributed by atoms with Crippen LogP contribution in [-0.4, -0.2) is 14.5 Å². The number of rotatable bonds is 1. The van der Waals surface area contributed by atoms with E-state index in [0.29, 0.717) is 12.2 Å². The predicted octanol–water partition coefficient (Wildman–Crippen LogP) is 0.990. The van der Waals surface area contributed by atoms with Crippen molar-refractivity contribution in [2.24, 2.45) is 0 Å². The fourth-order valence-electron chi connectivity index (χ4n) is 1.30. The van der Waals surface area contributed by atoms with E-state index in [0.717, 1.165) is 5.52 Å². The molecule has 64 valence electrons. The van der Waals surface area contributed by atoms with Gasteiger partial charge in [-0.2, -0.15) is 0 Å². The van der Waals surface area contributed by atoms with Gasteiger partial charge in [0.05, 0.1) is 5.52 Å². The van der Waals surface area contributed by atoms with E-state index in [2.05, 4.69) is 9.97 Å². The number of hydrogen-bond donors (Lipinski definition) is 1. The smallest absolute Gasteiger partial charge is 0.291 e. The van der Waals surface area contributed by atoms with Crippen molar-refractivity contribution in [2.45, 2.75) is 13.5 Å². The molecule has 4 nitrogen and oxygen atoms in total. The van der Waals surface area contributed by atoms with Gasteiger partial charge in [0, 0.05) is 14.2 Å². The van der Waals surface area contributed by atoms with Gasteiger partial charge in [-0.1, -0.05) is 0 Å². The molecule has 0 bridgehead atoms. The Bertz CT molecular complexity index is 460. The molecule has 2 aromatic heterocycles. The maximum atomic E-state index is 11.2. The highest BCUT2D eigenvalue weighted by molar-refractivity contribution is 5.69. The minimum atomic E-state index is -0.0915. The van der Waals surface area contributed by atoms with Gasteiger partial charge in [0.2, 0.25) is 0 Å². The number of pyridine rings is 1. The van der Waals surface area contributed by atoms with Crippen molar-refractivity contribution >= 4 is 11.2 Å². The maximum Gasteiger partial charge on any atom is 0.327 e. The molecule has 12 heavy (non-hydrogen) atoms. The van der Waals surface area contributed by atoms with E-state index in [4.69, 9.17) is 0 Å². The second kappa shape index (κ2) is 2.48. The van der Waals surface area contributed by atoms with Crippen LogP contribution in [0.4, 0.5) is 0 Å². The van der Waals surface area contributed by atoms with Crippen LogP contribution in [0, 0.1) is 0 Å². The number of aromatic amines is 1. The Labute approximate surface area is 70.3 Å². The molecule has 0 radical (unpaired) electrons. The Balaban J connectivity index is 0.000000845. The zero-order valence-electron chi connectivity index (χ0n) is 6.74. The molecule has 0 aliphatic heterocycles. The average Bonchev–Trinajstić information content (AvgIpc) is 2.40. The molecule has 0 aliphatic carbocycles. The van der Waals surface area contributed by atoms with Crippen molar-refractivity contribution in [3.8, 4) is 0 Å². The molecule has 0 saturated carbocycles. The van der Waals surface area contributed by atoms with Gasteiger partial charge < -0.3 is 0 Å². The predicted molar refractivity (Wildman–Crippen MR) is 48.1 cm³/mol. The monoisotopic (exact) mass is 165 g/mol. The lowest BCUT2D eigenvalue weighted by Crippen LogP contribution is -2.14. The van der Waals surface area contributed by atoms with Crippen LogP contribution in [0.1, 0.15) is 8.35 Å². The third-order valence-electron chi connectivity index (χ3n) is 1.86. The Morgan fingerprint density at radius 1 is 1.75 bits per heavy atom.